The van der Waals surface area contributed by atoms with E-state index in [9.17, 15) is 14.4 Å². The fourth-order valence-electron chi connectivity index (χ4n) is 3.99. The maximum atomic E-state index is 13.4. The Bertz CT molecular complexity index is 1700. The summed E-state index contributed by atoms with van der Waals surface area (Å²) in [6, 6.07) is 19.2. The van der Waals surface area contributed by atoms with E-state index in [0.29, 0.717) is 11.4 Å². The number of hydrogen-bond acceptors (Lipinski definition) is 6. The maximum Gasteiger partial charge on any atom is 0.341 e. The molecule has 0 saturated heterocycles. The summed E-state index contributed by atoms with van der Waals surface area (Å²) < 4.78 is 13.7. The molecule has 4 aromatic heterocycles. The van der Waals surface area contributed by atoms with Gasteiger partial charge in [0.05, 0.1) is 31.2 Å². The molecule has 5 aromatic rings. The Balaban J connectivity index is 1.83. The molecule has 0 saturated carbocycles. The van der Waals surface area contributed by atoms with E-state index in [4.69, 9.17) is 9.15 Å². The second kappa shape index (κ2) is 9.83. The van der Waals surface area contributed by atoms with Crippen LogP contribution < -0.4 is 11.0 Å². The molecule has 1 aromatic carbocycles. The van der Waals surface area contributed by atoms with Crippen molar-refractivity contribution in [1.29, 1.82) is 0 Å². The number of rotatable bonds is 6. The number of nitrogens with zero attached hydrogens (tertiary/aromatic N) is 4. The molecule has 0 atom stereocenters. The van der Waals surface area contributed by atoms with Gasteiger partial charge in [0.2, 0.25) is 0 Å². The van der Waals surface area contributed by atoms with Gasteiger partial charge in [-0.3, -0.25) is 14.0 Å². The van der Waals surface area contributed by atoms with Gasteiger partial charge in [0.1, 0.15) is 22.6 Å². The number of benzene rings is 1. The van der Waals surface area contributed by atoms with Crippen LogP contribution >= 0.6 is 0 Å². The van der Waals surface area contributed by atoms with E-state index in [-0.39, 0.29) is 47.2 Å². The molecule has 4 heterocycles. The fraction of sp³-hybridized carbons (Fsp3) is 0.148. The lowest BCUT2D eigenvalue weighted by Crippen LogP contribution is -2.33. The van der Waals surface area contributed by atoms with Gasteiger partial charge in [0, 0.05) is 6.20 Å². The van der Waals surface area contributed by atoms with Gasteiger partial charge < -0.3 is 13.7 Å². The molecule has 0 aliphatic carbocycles. The van der Waals surface area contributed by atoms with Crippen LogP contribution in [0.5, 0.6) is 0 Å². The molecule has 36 heavy (non-hydrogen) atoms. The average Bonchev–Trinajstić information content (AvgIpc) is 3.40. The van der Waals surface area contributed by atoms with E-state index in [0.717, 1.165) is 5.56 Å². The van der Waals surface area contributed by atoms with Gasteiger partial charge in [-0.15, -0.1) is 0 Å². The molecule has 0 unspecified atom stereocenters. The average molecular weight is 482 g/mol. The minimum Gasteiger partial charge on any atom is -0.467 e. The Morgan fingerprint density at radius 2 is 1.86 bits per heavy atom. The Hall–Kier alpha value is -4.79. The summed E-state index contributed by atoms with van der Waals surface area (Å²) >= 11 is 0. The lowest BCUT2D eigenvalue weighted by molar-refractivity contribution is -0.117. The first-order chi connectivity index (χ1) is 17.5. The van der Waals surface area contributed by atoms with E-state index < -0.39 is 11.9 Å². The van der Waals surface area contributed by atoms with Crippen LogP contribution in [0, 0.1) is 0 Å². The van der Waals surface area contributed by atoms with Crippen LogP contribution in [-0.2, 0) is 22.5 Å². The van der Waals surface area contributed by atoms with E-state index in [1.54, 1.807) is 48.0 Å². The third kappa shape index (κ3) is 4.46. The smallest absolute Gasteiger partial charge is 0.341 e. The molecule has 0 spiro atoms. The topological polar surface area (TPSA) is 108 Å². The Kier molecular flexibility index (Phi) is 6.27. The molecular weight excluding hydrogens is 460 g/mol. The Morgan fingerprint density at radius 1 is 1.06 bits per heavy atom. The van der Waals surface area contributed by atoms with Crippen LogP contribution in [0.1, 0.15) is 28.6 Å². The summed E-state index contributed by atoms with van der Waals surface area (Å²) in [7, 11) is 0. The van der Waals surface area contributed by atoms with Crippen molar-refractivity contribution >= 4 is 28.6 Å². The molecule has 0 aliphatic rings. The number of carbonyl (C=O) groups is 2. The number of amides is 1. The second-order valence-electron chi connectivity index (χ2n) is 8.02. The molecular formula is C27H22N4O5. The first-order valence-electron chi connectivity index (χ1n) is 11.4. The third-order valence-electron chi connectivity index (χ3n) is 5.61. The molecule has 180 valence electrons. The fourth-order valence-corrected chi connectivity index (χ4v) is 3.99. The van der Waals surface area contributed by atoms with E-state index in [2.05, 4.69) is 9.98 Å². The number of fused-ring (bicyclic) bond motifs is 2. The van der Waals surface area contributed by atoms with Gasteiger partial charge in [-0.25, -0.2) is 9.78 Å². The number of furan rings is 1. The second-order valence-corrected chi connectivity index (χ2v) is 8.02. The molecule has 5 rings (SSSR count). The third-order valence-corrected chi connectivity index (χ3v) is 5.61. The predicted octanol–water partition coefficient (Wildman–Crippen LogP) is 3.14. The number of esters is 1. The van der Waals surface area contributed by atoms with Crippen LogP contribution in [0.3, 0.4) is 0 Å². The molecule has 0 N–H and O–H groups in total. The van der Waals surface area contributed by atoms with Crippen molar-refractivity contribution in [3.8, 4) is 0 Å². The van der Waals surface area contributed by atoms with Crippen molar-refractivity contribution in [2.45, 2.75) is 19.9 Å². The molecule has 0 radical (unpaired) electrons. The summed E-state index contributed by atoms with van der Waals surface area (Å²) in [5.74, 6) is -0.627. The number of carbonyl (C=O) groups excluding carboxylic acids is 2. The first kappa shape index (κ1) is 23.0. The quantitative estimate of drug-likeness (QED) is 0.272. The number of hydrogen-bond donors (Lipinski definition) is 0. The van der Waals surface area contributed by atoms with Crippen molar-refractivity contribution < 1.29 is 18.7 Å². The molecule has 0 aliphatic heterocycles. The molecule has 9 heteroatoms. The summed E-state index contributed by atoms with van der Waals surface area (Å²) in [5, 5.41) is 0.183. The first-order valence-corrected chi connectivity index (χ1v) is 11.4. The van der Waals surface area contributed by atoms with Crippen LogP contribution in [0.2, 0.25) is 0 Å². The van der Waals surface area contributed by atoms with Crippen LogP contribution in [-0.4, -0.2) is 32.4 Å². The van der Waals surface area contributed by atoms with Crippen LogP contribution in [0.15, 0.2) is 93.4 Å². The van der Waals surface area contributed by atoms with E-state index in [1.165, 1.54) is 16.7 Å². The van der Waals surface area contributed by atoms with Gasteiger partial charge in [0.25, 0.3) is 11.5 Å². The zero-order valence-electron chi connectivity index (χ0n) is 19.5. The van der Waals surface area contributed by atoms with Crippen molar-refractivity contribution in [3.63, 3.8) is 0 Å². The SMILES string of the molecule is CCOC(=O)c1cc2c(=O)n3ccccc3nc2n(Cc2ccco2)c1=NC(=O)Cc1ccccc1. The minimum absolute atomic E-state index is 0.00732. The van der Waals surface area contributed by atoms with Crippen LogP contribution in [0.4, 0.5) is 0 Å². The molecule has 9 nitrogen and oxygen atoms in total. The lowest BCUT2D eigenvalue weighted by Gasteiger charge is -2.14. The summed E-state index contributed by atoms with van der Waals surface area (Å²) in [5.41, 5.74) is 1.13. The summed E-state index contributed by atoms with van der Waals surface area (Å²) in [6.45, 7) is 1.88. The molecule has 1 amide bonds. The summed E-state index contributed by atoms with van der Waals surface area (Å²) in [6.07, 6.45) is 3.16. The Morgan fingerprint density at radius 3 is 2.61 bits per heavy atom. The van der Waals surface area contributed by atoms with Crippen molar-refractivity contribution in [1.82, 2.24) is 14.0 Å². The Labute approximate surface area is 204 Å². The minimum atomic E-state index is -0.698. The highest BCUT2D eigenvalue weighted by Gasteiger charge is 2.20. The predicted molar refractivity (Wildman–Crippen MR) is 131 cm³/mol. The van der Waals surface area contributed by atoms with Crippen LogP contribution in [0.25, 0.3) is 16.7 Å². The van der Waals surface area contributed by atoms with Gasteiger partial charge in [-0.05, 0) is 42.8 Å². The molecule has 0 bridgehead atoms. The highest BCUT2D eigenvalue weighted by Crippen LogP contribution is 2.14. The number of ether oxygens (including phenoxy) is 1. The largest absolute Gasteiger partial charge is 0.467 e. The van der Waals surface area contributed by atoms with Crippen molar-refractivity contribution in [2.24, 2.45) is 4.99 Å². The van der Waals surface area contributed by atoms with Crippen molar-refractivity contribution in [3.05, 3.63) is 112 Å². The van der Waals surface area contributed by atoms with Gasteiger partial charge in [0.15, 0.2) is 5.49 Å². The monoisotopic (exact) mass is 482 g/mol. The zero-order valence-corrected chi connectivity index (χ0v) is 19.5. The standard InChI is InChI=1S/C27H22N4O5/c1-2-35-27(34)21-16-20-24(28-22-12-6-7-13-30(22)26(20)33)31(17-19-11-8-14-36-19)25(21)29-23(32)15-18-9-4-3-5-10-18/h3-14,16H,2,15,17H2,1H3. The van der Waals surface area contributed by atoms with E-state index in [1.807, 2.05) is 30.3 Å². The molecule has 0 fully saturated rings. The number of pyridine rings is 2. The van der Waals surface area contributed by atoms with Gasteiger partial charge in [-0.1, -0.05) is 36.4 Å². The van der Waals surface area contributed by atoms with Crippen molar-refractivity contribution in [2.75, 3.05) is 6.61 Å². The highest BCUT2D eigenvalue weighted by molar-refractivity contribution is 5.94. The normalized spacial score (nSPS) is 11.8. The number of aromatic nitrogens is 3. The van der Waals surface area contributed by atoms with E-state index >= 15 is 0 Å². The lowest BCUT2D eigenvalue weighted by atomic mass is 10.1. The maximum absolute atomic E-state index is 13.4. The van der Waals surface area contributed by atoms with Gasteiger partial charge in [-0.2, -0.15) is 4.99 Å². The summed E-state index contributed by atoms with van der Waals surface area (Å²) in [4.78, 5) is 48.5. The zero-order chi connectivity index (χ0) is 25.1. The van der Waals surface area contributed by atoms with Gasteiger partial charge >= 0.3 is 5.97 Å². The highest BCUT2D eigenvalue weighted by atomic mass is 16.5.